The zero-order valence-corrected chi connectivity index (χ0v) is 14.0. The fourth-order valence-corrected chi connectivity index (χ4v) is 4.13. The molecule has 3 fully saturated rings. The summed E-state index contributed by atoms with van der Waals surface area (Å²) in [5.41, 5.74) is 0. The molecule has 0 radical (unpaired) electrons. The number of amides is 2. The Bertz CT molecular complexity index is 501. The van der Waals surface area contributed by atoms with Gasteiger partial charge in [0, 0.05) is 25.6 Å². The summed E-state index contributed by atoms with van der Waals surface area (Å²) in [5, 5.41) is 9.29. The maximum Gasteiger partial charge on any atom is 0.328 e. The third-order valence-electron chi connectivity index (χ3n) is 5.47. The molecule has 1 saturated carbocycles. The minimum absolute atomic E-state index is 0.0219. The first kappa shape index (κ1) is 17.2. The Balaban J connectivity index is 1.65. The molecule has 0 bridgehead atoms. The zero-order chi connectivity index (χ0) is 17.1. The lowest BCUT2D eigenvalue weighted by atomic mass is 10.0. The Morgan fingerprint density at radius 1 is 1.12 bits per heavy atom. The Morgan fingerprint density at radius 2 is 1.83 bits per heavy atom. The third-order valence-corrected chi connectivity index (χ3v) is 5.47. The lowest BCUT2D eigenvalue weighted by molar-refractivity contribution is -0.160. The molecule has 7 heteroatoms. The summed E-state index contributed by atoms with van der Waals surface area (Å²) >= 11 is 0. The number of carboxylic acids is 1. The van der Waals surface area contributed by atoms with Crippen molar-refractivity contribution in [1.29, 1.82) is 0 Å². The van der Waals surface area contributed by atoms with Crippen molar-refractivity contribution in [2.24, 2.45) is 5.92 Å². The molecule has 0 aromatic carbocycles. The molecule has 2 amide bonds. The van der Waals surface area contributed by atoms with E-state index in [0.717, 1.165) is 25.7 Å². The minimum atomic E-state index is -1.05. The van der Waals surface area contributed by atoms with E-state index in [1.165, 1.54) is 17.7 Å². The highest BCUT2D eigenvalue weighted by atomic mass is 16.5. The molecule has 134 valence electrons. The van der Waals surface area contributed by atoms with E-state index in [1.54, 1.807) is 0 Å². The van der Waals surface area contributed by atoms with Crippen molar-refractivity contribution in [3.8, 4) is 0 Å². The van der Waals surface area contributed by atoms with Crippen molar-refractivity contribution in [3.63, 3.8) is 0 Å². The number of ether oxygens (including phenoxy) is 1. The van der Waals surface area contributed by atoms with Crippen molar-refractivity contribution >= 4 is 17.8 Å². The van der Waals surface area contributed by atoms with Gasteiger partial charge in [-0.05, 0) is 12.8 Å². The number of rotatable bonds is 3. The van der Waals surface area contributed by atoms with Crippen LogP contribution in [0.4, 0.5) is 0 Å². The van der Waals surface area contributed by atoms with Crippen LogP contribution < -0.4 is 0 Å². The van der Waals surface area contributed by atoms with Gasteiger partial charge in [0.05, 0.1) is 19.1 Å². The molecule has 2 atom stereocenters. The number of aliphatic carboxylic acids is 1. The van der Waals surface area contributed by atoms with Gasteiger partial charge in [0.15, 0.2) is 6.04 Å². The van der Waals surface area contributed by atoms with Gasteiger partial charge in [0.25, 0.3) is 0 Å². The zero-order valence-electron chi connectivity index (χ0n) is 14.0. The fraction of sp³-hybridized carbons (Fsp3) is 0.824. The second kappa shape index (κ2) is 7.51. The molecular weight excluding hydrogens is 312 g/mol. The summed E-state index contributed by atoms with van der Waals surface area (Å²) in [6.45, 7) is 1.09. The molecule has 0 unspecified atom stereocenters. The quantitative estimate of drug-likeness (QED) is 0.772. The maximum absolute atomic E-state index is 12.8. The summed E-state index contributed by atoms with van der Waals surface area (Å²) in [5.74, 6) is -1.63. The van der Waals surface area contributed by atoms with Gasteiger partial charge in [-0.2, -0.15) is 0 Å². The summed E-state index contributed by atoms with van der Waals surface area (Å²) in [4.78, 5) is 39.8. The maximum atomic E-state index is 12.8. The second-order valence-electron chi connectivity index (χ2n) is 7.05. The van der Waals surface area contributed by atoms with Crippen molar-refractivity contribution in [3.05, 3.63) is 0 Å². The summed E-state index contributed by atoms with van der Waals surface area (Å²) in [7, 11) is 0. The number of carboxylic acid groups (broad SMARTS) is 1. The first-order chi connectivity index (χ1) is 11.6. The summed E-state index contributed by atoms with van der Waals surface area (Å²) < 4.78 is 5.19. The number of likely N-dealkylation sites (tertiary alicyclic amines) is 1. The van der Waals surface area contributed by atoms with Gasteiger partial charge in [-0.3, -0.25) is 9.59 Å². The second-order valence-corrected chi connectivity index (χ2v) is 7.05. The lowest BCUT2D eigenvalue weighted by Gasteiger charge is -2.34. The predicted octanol–water partition coefficient (Wildman–Crippen LogP) is 0.870. The molecule has 0 spiro atoms. The Kier molecular flexibility index (Phi) is 5.38. The van der Waals surface area contributed by atoms with E-state index in [1.807, 2.05) is 4.90 Å². The molecule has 1 aliphatic carbocycles. The third kappa shape index (κ3) is 3.55. The Morgan fingerprint density at radius 3 is 2.50 bits per heavy atom. The van der Waals surface area contributed by atoms with Gasteiger partial charge in [0.2, 0.25) is 11.8 Å². The number of morpholine rings is 1. The van der Waals surface area contributed by atoms with Crippen molar-refractivity contribution < 1.29 is 24.2 Å². The van der Waals surface area contributed by atoms with Crippen LogP contribution in [0.25, 0.3) is 0 Å². The predicted molar refractivity (Wildman–Crippen MR) is 85.3 cm³/mol. The number of carbonyl (C=O) groups is 3. The summed E-state index contributed by atoms with van der Waals surface area (Å²) in [6.07, 6.45) is 6.95. The van der Waals surface area contributed by atoms with Gasteiger partial charge in [-0.1, -0.05) is 25.7 Å². The molecule has 2 aliphatic heterocycles. The van der Waals surface area contributed by atoms with Gasteiger partial charge < -0.3 is 19.6 Å². The van der Waals surface area contributed by atoms with Crippen LogP contribution in [0.5, 0.6) is 0 Å². The smallest absolute Gasteiger partial charge is 0.328 e. The average Bonchev–Trinajstić information content (AvgIpc) is 2.80. The van der Waals surface area contributed by atoms with Crippen LogP contribution in [0.3, 0.4) is 0 Å². The molecule has 3 rings (SSSR count). The highest BCUT2D eigenvalue weighted by Crippen LogP contribution is 2.29. The fourth-order valence-electron chi connectivity index (χ4n) is 4.13. The van der Waals surface area contributed by atoms with Gasteiger partial charge >= 0.3 is 5.97 Å². The number of nitrogens with zero attached hydrogens (tertiary/aromatic N) is 2. The van der Waals surface area contributed by atoms with E-state index in [9.17, 15) is 19.5 Å². The number of hydrogen-bond donors (Lipinski definition) is 1. The van der Waals surface area contributed by atoms with E-state index in [0.29, 0.717) is 13.2 Å². The molecule has 24 heavy (non-hydrogen) atoms. The van der Waals surface area contributed by atoms with Crippen LogP contribution in [-0.2, 0) is 19.1 Å². The molecule has 0 aromatic heterocycles. The van der Waals surface area contributed by atoms with Crippen LogP contribution in [0, 0.1) is 5.92 Å². The SMILES string of the molecule is O=C(O)[C@H]1COCCN1C(=O)[C@H]1CC(=O)N(C2CCCCCC2)C1. The van der Waals surface area contributed by atoms with Crippen LogP contribution in [0.2, 0.25) is 0 Å². The molecule has 2 saturated heterocycles. The van der Waals surface area contributed by atoms with Crippen LogP contribution in [-0.4, -0.2) is 71.1 Å². The topological polar surface area (TPSA) is 87.1 Å². The lowest BCUT2D eigenvalue weighted by Crippen LogP contribution is -2.54. The molecule has 1 N–H and O–H groups in total. The molecule has 2 heterocycles. The van der Waals surface area contributed by atoms with Crippen LogP contribution >= 0.6 is 0 Å². The van der Waals surface area contributed by atoms with Gasteiger partial charge in [-0.25, -0.2) is 4.79 Å². The van der Waals surface area contributed by atoms with E-state index in [4.69, 9.17) is 4.74 Å². The first-order valence-electron chi connectivity index (χ1n) is 8.98. The monoisotopic (exact) mass is 338 g/mol. The van der Waals surface area contributed by atoms with E-state index >= 15 is 0 Å². The Hall–Kier alpha value is -1.63. The Labute approximate surface area is 141 Å². The molecular formula is C17H26N2O5. The summed E-state index contributed by atoms with van der Waals surface area (Å²) in [6, 6.07) is -0.689. The first-order valence-corrected chi connectivity index (χ1v) is 8.98. The molecule has 0 aromatic rings. The standard InChI is InChI=1S/C17H26N2O5/c20-15-9-12(10-19(15)13-5-3-1-2-4-6-13)16(21)18-7-8-24-11-14(18)17(22)23/h12-14H,1-11H2,(H,22,23)/t12-,14+/m0/s1. The average molecular weight is 338 g/mol. The molecule has 3 aliphatic rings. The van der Waals surface area contributed by atoms with Crippen molar-refractivity contribution in [1.82, 2.24) is 9.80 Å². The largest absolute Gasteiger partial charge is 0.480 e. The number of hydrogen-bond acceptors (Lipinski definition) is 4. The van der Waals surface area contributed by atoms with Gasteiger partial charge in [0.1, 0.15) is 0 Å². The van der Waals surface area contributed by atoms with E-state index in [2.05, 4.69) is 0 Å². The highest BCUT2D eigenvalue weighted by Gasteiger charge is 2.42. The van der Waals surface area contributed by atoms with Crippen LogP contribution in [0.1, 0.15) is 44.9 Å². The molecule has 7 nitrogen and oxygen atoms in total. The van der Waals surface area contributed by atoms with E-state index in [-0.39, 0.29) is 37.4 Å². The van der Waals surface area contributed by atoms with Crippen molar-refractivity contribution in [2.45, 2.75) is 57.0 Å². The van der Waals surface area contributed by atoms with Crippen LogP contribution in [0.15, 0.2) is 0 Å². The normalized spacial score (nSPS) is 29.6. The van der Waals surface area contributed by atoms with Gasteiger partial charge in [-0.15, -0.1) is 0 Å². The minimum Gasteiger partial charge on any atom is -0.480 e. The highest BCUT2D eigenvalue weighted by molar-refractivity contribution is 5.91. The number of carbonyl (C=O) groups excluding carboxylic acids is 2. The van der Waals surface area contributed by atoms with Crippen molar-refractivity contribution in [2.75, 3.05) is 26.3 Å². The van der Waals surface area contributed by atoms with E-state index < -0.39 is 17.9 Å².